The summed E-state index contributed by atoms with van der Waals surface area (Å²) in [5.74, 6) is 0.783. The zero-order valence-electron chi connectivity index (χ0n) is 10.3. The fourth-order valence-corrected chi connectivity index (χ4v) is 1.21. The summed E-state index contributed by atoms with van der Waals surface area (Å²) in [4.78, 5) is 13.2. The van der Waals surface area contributed by atoms with Crippen LogP contribution in [0, 0.1) is 6.07 Å². The van der Waals surface area contributed by atoms with E-state index in [1.54, 1.807) is 26.2 Å². The second kappa shape index (κ2) is 6.47. The summed E-state index contributed by atoms with van der Waals surface area (Å²) in [5, 5.41) is 0. The van der Waals surface area contributed by atoms with E-state index in [1.165, 1.54) is 19.1 Å². The first-order valence-corrected chi connectivity index (χ1v) is 4.46. The smallest absolute Gasteiger partial charge is 0.536 e. The Morgan fingerprint density at radius 1 is 1.31 bits per heavy atom. The Morgan fingerprint density at radius 3 is 2.38 bits per heavy atom. The van der Waals surface area contributed by atoms with Gasteiger partial charge in [0.15, 0.2) is 5.91 Å². The van der Waals surface area contributed by atoms with E-state index in [4.69, 9.17) is 9.47 Å². The van der Waals surface area contributed by atoms with Crippen LogP contribution in [0.3, 0.4) is 0 Å². The molecule has 4 nitrogen and oxygen atoms in total. The molecular formula is C11H14LiNO3. The number of carbonyl (C=O) groups excluding carboxylic acids is 1. The number of methoxy groups -OCH3 is 2. The Labute approximate surface area is 108 Å². The molecule has 0 bridgehead atoms. The number of carbonyl (C=O) groups is 1. The normalized spacial score (nSPS) is 9.00. The number of benzene rings is 1. The van der Waals surface area contributed by atoms with E-state index >= 15 is 0 Å². The van der Waals surface area contributed by atoms with Crippen molar-refractivity contribution in [2.45, 2.75) is 0 Å². The molecule has 0 unspecified atom stereocenters. The summed E-state index contributed by atoms with van der Waals surface area (Å²) in [5.41, 5.74) is 0.377. The summed E-state index contributed by atoms with van der Waals surface area (Å²) < 4.78 is 10.2. The number of nitrogens with zero attached hydrogens (tertiary/aromatic N) is 1. The molecule has 0 saturated carbocycles. The average molecular weight is 215 g/mol. The largest absolute Gasteiger partial charge is 1.00 e. The van der Waals surface area contributed by atoms with Gasteiger partial charge in [0.25, 0.3) is 0 Å². The number of rotatable bonds is 3. The first-order valence-electron chi connectivity index (χ1n) is 4.46. The summed E-state index contributed by atoms with van der Waals surface area (Å²) in [6, 6.07) is 6.18. The van der Waals surface area contributed by atoms with Crippen molar-refractivity contribution in [3.63, 3.8) is 0 Å². The monoisotopic (exact) mass is 215 g/mol. The van der Waals surface area contributed by atoms with E-state index in [0.29, 0.717) is 17.1 Å². The summed E-state index contributed by atoms with van der Waals surface area (Å²) >= 11 is 0. The van der Waals surface area contributed by atoms with E-state index in [1.807, 2.05) is 0 Å². The molecule has 0 N–H and O–H groups in total. The number of hydrogen-bond acceptors (Lipinski definition) is 3. The Kier molecular flexibility index (Phi) is 6.02. The van der Waals surface area contributed by atoms with E-state index in [2.05, 4.69) is 6.07 Å². The van der Waals surface area contributed by atoms with Crippen molar-refractivity contribution in [2.24, 2.45) is 0 Å². The molecule has 82 valence electrons. The molecule has 0 spiro atoms. The molecule has 0 saturated heterocycles. The maximum atomic E-state index is 11.8. The molecule has 0 atom stereocenters. The topological polar surface area (TPSA) is 38.8 Å². The third-order valence-electron chi connectivity index (χ3n) is 1.96. The van der Waals surface area contributed by atoms with Crippen LogP contribution < -0.4 is 28.3 Å². The molecule has 0 fully saturated rings. The van der Waals surface area contributed by atoms with Gasteiger partial charge in [-0.05, 0) is 19.7 Å². The molecule has 0 aliphatic heterocycles. The predicted octanol–water partition coefficient (Wildman–Crippen LogP) is -1.79. The Morgan fingerprint density at radius 2 is 1.94 bits per heavy atom. The van der Waals surface area contributed by atoms with Gasteiger partial charge in [0.05, 0.1) is 25.7 Å². The van der Waals surface area contributed by atoms with Gasteiger partial charge in [-0.3, -0.25) is 0 Å². The van der Waals surface area contributed by atoms with Crippen molar-refractivity contribution in [1.82, 2.24) is 4.90 Å². The van der Waals surface area contributed by atoms with Crippen molar-refractivity contribution in [3.05, 3.63) is 23.8 Å². The minimum Gasteiger partial charge on any atom is -0.536 e. The molecule has 0 aliphatic carbocycles. The number of ether oxygens (including phenoxy) is 2. The quantitative estimate of drug-likeness (QED) is 0.441. The van der Waals surface area contributed by atoms with Crippen LogP contribution in [0.4, 0.5) is 0 Å². The third-order valence-corrected chi connectivity index (χ3v) is 1.96. The van der Waals surface area contributed by atoms with Gasteiger partial charge in [-0.25, -0.2) is 0 Å². The van der Waals surface area contributed by atoms with Gasteiger partial charge in [-0.1, -0.05) is 6.07 Å². The molecule has 5 heteroatoms. The number of hydrogen-bond donors (Lipinski definition) is 0. The third kappa shape index (κ3) is 2.94. The van der Waals surface area contributed by atoms with Crippen LogP contribution in [0.25, 0.3) is 0 Å². The number of amides is 1. The van der Waals surface area contributed by atoms with Crippen LogP contribution in [0.15, 0.2) is 12.1 Å². The SMILES string of the molecule is COc1cc[c-]c(C(=O)N(C)C)c1OC.[Li+]. The van der Waals surface area contributed by atoms with Crippen molar-refractivity contribution >= 4 is 5.91 Å². The van der Waals surface area contributed by atoms with Gasteiger partial charge in [-0.2, -0.15) is 0 Å². The molecular weight excluding hydrogens is 201 g/mol. The van der Waals surface area contributed by atoms with Gasteiger partial charge >= 0.3 is 18.9 Å². The molecule has 1 aromatic rings. The molecule has 0 aromatic heterocycles. The van der Waals surface area contributed by atoms with Crippen molar-refractivity contribution < 1.29 is 33.1 Å². The zero-order valence-corrected chi connectivity index (χ0v) is 10.3. The van der Waals surface area contributed by atoms with E-state index in [0.717, 1.165) is 0 Å². The van der Waals surface area contributed by atoms with Crippen LogP contribution in [-0.2, 0) is 0 Å². The minimum atomic E-state index is -0.161. The molecule has 1 amide bonds. The first kappa shape index (κ1) is 14.9. The summed E-state index contributed by atoms with van der Waals surface area (Å²) in [6.45, 7) is 0. The summed E-state index contributed by atoms with van der Waals surface area (Å²) in [7, 11) is 6.38. The van der Waals surface area contributed by atoms with Crippen LogP contribution >= 0.6 is 0 Å². The van der Waals surface area contributed by atoms with Gasteiger partial charge in [-0.15, -0.1) is 12.1 Å². The van der Waals surface area contributed by atoms with E-state index in [-0.39, 0.29) is 24.8 Å². The van der Waals surface area contributed by atoms with Crippen molar-refractivity contribution in [2.75, 3.05) is 28.3 Å². The Bertz CT molecular complexity index is 366. The molecule has 0 radical (unpaired) electrons. The Balaban J connectivity index is 0.00000225. The molecule has 1 aromatic carbocycles. The predicted molar refractivity (Wildman–Crippen MR) is 56.4 cm³/mol. The van der Waals surface area contributed by atoms with Gasteiger partial charge in [0.1, 0.15) is 0 Å². The molecule has 0 heterocycles. The van der Waals surface area contributed by atoms with E-state index < -0.39 is 0 Å². The Hall–Kier alpha value is -1.11. The maximum absolute atomic E-state index is 11.8. The van der Waals surface area contributed by atoms with Crippen molar-refractivity contribution in [1.29, 1.82) is 0 Å². The van der Waals surface area contributed by atoms with Crippen LogP contribution in [0.2, 0.25) is 0 Å². The standard InChI is InChI=1S/C11H14NO3.Li/c1-12(2)11(13)8-6-5-7-9(14-3)10(8)15-4;/h5,7H,1-4H3;/q-1;+1. The van der Waals surface area contributed by atoms with Gasteiger partial charge in [0.2, 0.25) is 0 Å². The minimum absolute atomic E-state index is 0. The van der Waals surface area contributed by atoms with Crippen LogP contribution in [0.1, 0.15) is 10.4 Å². The molecule has 1 rings (SSSR count). The van der Waals surface area contributed by atoms with Gasteiger partial charge < -0.3 is 19.2 Å². The average Bonchev–Trinajstić information content (AvgIpc) is 2.26. The first-order chi connectivity index (χ1) is 7.11. The van der Waals surface area contributed by atoms with Crippen LogP contribution in [0.5, 0.6) is 11.5 Å². The summed E-state index contributed by atoms with van der Waals surface area (Å²) in [6.07, 6.45) is 0. The fraction of sp³-hybridized carbons (Fsp3) is 0.364. The maximum Gasteiger partial charge on any atom is 1.00 e. The van der Waals surface area contributed by atoms with Gasteiger partial charge in [0, 0.05) is 0 Å². The molecule has 0 aliphatic rings. The van der Waals surface area contributed by atoms with Crippen LogP contribution in [-0.4, -0.2) is 39.1 Å². The fourth-order valence-electron chi connectivity index (χ4n) is 1.21. The second-order valence-corrected chi connectivity index (χ2v) is 3.15. The zero-order chi connectivity index (χ0) is 11.4. The van der Waals surface area contributed by atoms with E-state index in [9.17, 15) is 4.79 Å². The molecule has 16 heavy (non-hydrogen) atoms. The second-order valence-electron chi connectivity index (χ2n) is 3.15. The van der Waals surface area contributed by atoms with Crippen molar-refractivity contribution in [3.8, 4) is 11.5 Å².